The van der Waals surface area contributed by atoms with Crippen molar-refractivity contribution < 1.29 is 9.47 Å². The predicted molar refractivity (Wildman–Crippen MR) is 111 cm³/mol. The Kier molecular flexibility index (Phi) is 23.8. The Morgan fingerprint density at radius 1 is 0.440 bits per heavy atom. The third kappa shape index (κ3) is 23.9. The molecule has 0 fully saturated rings. The van der Waals surface area contributed by atoms with Crippen molar-refractivity contribution >= 4 is 0 Å². The number of ether oxygens (including phenoxy) is 2. The molecule has 2 nitrogen and oxygen atoms in total. The minimum Gasteiger partial charge on any atom is -0.381 e. The van der Waals surface area contributed by atoms with Gasteiger partial charge in [0.05, 0.1) is 0 Å². The summed E-state index contributed by atoms with van der Waals surface area (Å²) in [5, 5.41) is 0. The molecular formula is C23H47O2. The highest BCUT2D eigenvalue weighted by atomic mass is 16.5. The van der Waals surface area contributed by atoms with Crippen molar-refractivity contribution in [3.63, 3.8) is 0 Å². The van der Waals surface area contributed by atoms with Gasteiger partial charge in [0.25, 0.3) is 0 Å². The zero-order valence-electron chi connectivity index (χ0n) is 17.5. The van der Waals surface area contributed by atoms with E-state index >= 15 is 0 Å². The number of hydrogen-bond acceptors (Lipinski definition) is 2. The van der Waals surface area contributed by atoms with Crippen LogP contribution in [0, 0.1) is 6.42 Å². The minimum atomic E-state index is 0.957. The van der Waals surface area contributed by atoms with Crippen LogP contribution in [0.3, 0.4) is 0 Å². The second-order valence-corrected chi connectivity index (χ2v) is 7.33. The van der Waals surface area contributed by atoms with Crippen LogP contribution in [0.1, 0.15) is 117 Å². The van der Waals surface area contributed by atoms with Gasteiger partial charge in [-0.3, -0.25) is 0 Å². The van der Waals surface area contributed by atoms with Crippen LogP contribution in [-0.2, 0) is 9.47 Å². The average molecular weight is 356 g/mol. The van der Waals surface area contributed by atoms with Crippen molar-refractivity contribution in [1.29, 1.82) is 0 Å². The highest BCUT2D eigenvalue weighted by molar-refractivity contribution is 4.64. The summed E-state index contributed by atoms with van der Waals surface area (Å²) in [5.74, 6) is 0. The van der Waals surface area contributed by atoms with E-state index in [2.05, 4.69) is 20.3 Å². The summed E-state index contributed by atoms with van der Waals surface area (Å²) in [6, 6.07) is 0. The Balaban J connectivity index is 2.94. The van der Waals surface area contributed by atoms with Crippen LogP contribution in [0.4, 0.5) is 0 Å². The minimum absolute atomic E-state index is 0.957. The van der Waals surface area contributed by atoms with E-state index in [9.17, 15) is 0 Å². The summed E-state index contributed by atoms with van der Waals surface area (Å²) < 4.78 is 11.2. The molecule has 0 saturated carbocycles. The lowest BCUT2D eigenvalue weighted by Crippen LogP contribution is -1.96. The fourth-order valence-electron chi connectivity index (χ4n) is 2.89. The molecule has 0 aliphatic heterocycles. The molecule has 0 rings (SSSR count). The van der Waals surface area contributed by atoms with E-state index in [1.54, 1.807) is 0 Å². The summed E-state index contributed by atoms with van der Waals surface area (Å²) in [4.78, 5) is 0. The quantitative estimate of drug-likeness (QED) is 0.187. The van der Waals surface area contributed by atoms with E-state index in [0.717, 1.165) is 26.4 Å². The molecule has 0 unspecified atom stereocenters. The van der Waals surface area contributed by atoms with Gasteiger partial charge < -0.3 is 9.47 Å². The van der Waals surface area contributed by atoms with Gasteiger partial charge in [0.1, 0.15) is 0 Å². The largest absolute Gasteiger partial charge is 0.381 e. The topological polar surface area (TPSA) is 18.5 Å². The van der Waals surface area contributed by atoms with E-state index in [4.69, 9.17) is 9.47 Å². The molecule has 0 aromatic carbocycles. The van der Waals surface area contributed by atoms with Crippen LogP contribution in [0.25, 0.3) is 0 Å². The van der Waals surface area contributed by atoms with Crippen LogP contribution in [0.2, 0.25) is 0 Å². The number of rotatable bonds is 22. The zero-order valence-corrected chi connectivity index (χ0v) is 17.5. The maximum atomic E-state index is 5.59. The summed E-state index contributed by atoms with van der Waals surface area (Å²) in [7, 11) is 0. The van der Waals surface area contributed by atoms with E-state index in [0.29, 0.717) is 0 Å². The molecule has 0 saturated heterocycles. The van der Waals surface area contributed by atoms with Crippen molar-refractivity contribution in [3.05, 3.63) is 6.42 Å². The van der Waals surface area contributed by atoms with Crippen LogP contribution >= 0.6 is 0 Å². The predicted octanol–water partition coefficient (Wildman–Crippen LogP) is 7.51. The summed E-state index contributed by atoms with van der Waals surface area (Å²) in [5.41, 5.74) is 0. The van der Waals surface area contributed by atoms with Gasteiger partial charge >= 0.3 is 0 Å². The highest BCUT2D eigenvalue weighted by Gasteiger charge is 1.95. The normalized spacial score (nSPS) is 11.3. The number of unbranched alkanes of at least 4 members (excludes halogenated alkanes) is 14. The molecule has 0 aliphatic carbocycles. The maximum absolute atomic E-state index is 5.59. The molecule has 0 N–H and O–H groups in total. The Bertz CT molecular complexity index is 196. The first-order chi connectivity index (χ1) is 12.4. The van der Waals surface area contributed by atoms with E-state index < -0.39 is 0 Å². The van der Waals surface area contributed by atoms with Gasteiger partial charge in [0.2, 0.25) is 0 Å². The molecule has 0 aliphatic rings. The lowest BCUT2D eigenvalue weighted by molar-refractivity contribution is 0.127. The van der Waals surface area contributed by atoms with Crippen LogP contribution in [0.5, 0.6) is 0 Å². The molecule has 1 radical (unpaired) electrons. The first kappa shape index (κ1) is 24.9. The van der Waals surface area contributed by atoms with Crippen LogP contribution < -0.4 is 0 Å². The van der Waals surface area contributed by atoms with Gasteiger partial charge in [0, 0.05) is 26.4 Å². The van der Waals surface area contributed by atoms with Gasteiger partial charge in [-0.2, -0.15) is 0 Å². The first-order valence-electron chi connectivity index (χ1n) is 11.4. The fraction of sp³-hybridized carbons (Fsp3) is 0.957. The van der Waals surface area contributed by atoms with Crippen LogP contribution in [-0.4, -0.2) is 26.4 Å². The smallest absolute Gasteiger partial charge is 0.0466 e. The van der Waals surface area contributed by atoms with E-state index in [1.165, 1.54) is 103 Å². The highest BCUT2D eigenvalue weighted by Crippen LogP contribution is 2.12. The van der Waals surface area contributed by atoms with E-state index in [-0.39, 0.29) is 0 Å². The Morgan fingerprint density at radius 2 is 0.800 bits per heavy atom. The molecule has 0 aromatic heterocycles. The molecule has 151 valence electrons. The van der Waals surface area contributed by atoms with Gasteiger partial charge in [-0.15, -0.1) is 0 Å². The molecule has 0 aromatic rings. The maximum Gasteiger partial charge on any atom is 0.0466 e. The SMILES string of the molecule is CCCCOCCCCCCC[CH]CCCCCCCOCCCC. The number of hydrogen-bond donors (Lipinski definition) is 0. The lowest BCUT2D eigenvalue weighted by atomic mass is 10.0. The fourth-order valence-corrected chi connectivity index (χ4v) is 2.89. The summed E-state index contributed by atoms with van der Waals surface area (Å²) in [6.07, 6.45) is 23.5. The molecule has 0 spiro atoms. The van der Waals surface area contributed by atoms with Crippen molar-refractivity contribution in [1.82, 2.24) is 0 Å². The molecule has 0 heterocycles. The van der Waals surface area contributed by atoms with Crippen molar-refractivity contribution in [2.75, 3.05) is 26.4 Å². The second kappa shape index (κ2) is 23.9. The average Bonchev–Trinajstić information content (AvgIpc) is 2.63. The van der Waals surface area contributed by atoms with Crippen molar-refractivity contribution in [3.8, 4) is 0 Å². The standard InChI is InChI=1S/C23H47O2/c1-3-5-20-24-22-18-16-14-12-10-8-7-9-11-13-15-17-19-23-25-21-6-4-2/h7H,3-6,8-23H2,1-2H3. The van der Waals surface area contributed by atoms with Crippen LogP contribution in [0.15, 0.2) is 0 Å². The monoisotopic (exact) mass is 355 g/mol. The zero-order chi connectivity index (χ0) is 18.3. The second-order valence-electron chi connectivity index (χ2n) is 7.33. The van der Waals surface area contributed by atoms with Crippen molar-refractivity contribution in [2.24, 2.45) is 0 Å². The van der Waals surface area contributed by atoms with Gasteiger partial charge in [-0.05, 0) is 32.1 Å². The molecule has 0 atom stereocenters. The molecule has 0 amide bonds. The Labute approximate surface area is 159 Å². The van der Waals surface area contributed by atoms with Crippen molar-refractivity contribution in [2.45, 2.75) is 117 Å². The molecule has 0 bridgehead atoms. The first-order valence-corrected chi connectivity index (χ1v) is 11.4. The lowest BCUT2D eigenvalue weighted by Gasteiger charge is -2.05. The molecule has 25 heavy (non-hydrogen) atoms. The Hall–Kier alpha value is -0.0800. The molecule has 2 heteroatoms. The Morgan fingerprint density at radius 3 is 1.24 bits per heavy atom. The summed E-state index contributed by atoms with van der Waals surface area (Å²) in [6.45, 7) is 8.28. The van der Waals surface area contributed by atoms with E-state index in [1.807, 2.05) is 0 Å². The van der Waals surface area contributed by atoms with Gasteiger partial charge in [0.15, 0.2) is 0 Å². The third-order valence-corrected chi connectivity index (χ3v) is 4.68. The third-order valence-electron chi connectivity index (χ3n) is 4.68. The van der Waals surface area contributed by atoms with Gasteiger partial charge in [-0.1, -0.05) is 90.9 Å². The van der Waals surface area contributed by atoms with Gasteiger partial charge in [-0.25, -0.2) is 0 Å². The molecular weight excluding hydrogens is 308 g/mol. The summed E-state index contributed by atoms with van der Waals surface area (Å²) >= 11 is 0.